The summed E-state index contributed by atoms with van der Waals surface area (Å²) in [6.07, 6.45) is 1.03. The van der Waals surface area contributed by atoms with Gasteiger partial charge in [-0.2, -0.15) is 0 Å². The zero-order valence-electron chi connectivity index (χ0n) is 5.29. The molecule has 0 N–H and O–H groups in total. The van der Waals surface area contributed by atoms with Crippen LogP contribution in [-0.2, 0) is 0 Å². The third-order valence-electron chi connectivity index (χ3n) is 0.844. The average Bonchev–Trinajstić information content (AvgIpc) is 2.41. The highest BCUT2D eigenvalue weighted by Gasteiger charge is 1.95. The monoisotopic (exact) mass is 194 g/mol. The van der Waals surface area contributed by atoms with Crippen molar-refractivity contribution in [1.82, 2.24) is 10.2 Å². The maximum absolute atomic E-state index is 5.50. The summed E-state index contributed by atoms with van der Waals surface area (Å²) in [5.41, 5.74) is 1.74. The summed E-state index contributed by atoms with van der Waals surface area (Å²) in [7, 11) is 0. The zero-order valence-corrected chi connectivity index (χ0v) is 7.68. The molecule has 56 valence electrons. The van der Waals surface area contributed by atoms with Crippen LogP contribution in [-0.4, -0.2) is 21.8 Å². The van der Waals surface area contributed by atoms with Gasteiger partial charge in [0.15, 0.2) is 4.34 Å². The Bertz CT molecular complexity index is 166. The average molecular weight is 195 g/mol. The van der Waals surface area contributed by atoms with Crippen molar-refractivity contribution in [2.45, 2.75) is 10.8 Å². The fraction of sp³-hybridized carbons (Fsp3) is 0.600. The number of hydrogen-bond donors (Lipinski definition) is 0. The largest absolute Gasteiger partial charge is 0.174 e. The highest BCUT2D eigenvalue weighted by molar-refractivity contribution is 8.00. The number of thioether (sulfide) groups is 1. The van der Waals surface area contributed by atoms with Crippen molar-refractivity contribution in [1.29, 1.82) is 0 Å². The Labute approximate surface area is 73.0 Å². The Hall–Kier alpha value is 0.200. The molecule has 2 nitrogen and oxygen atoms in total. The van der Waals surface area contributed by atoms with Crippen molar-refractivity contribution < 1.29 is 0 Å². The molecule has 0 saturated carbocycles. The van der Waals surface area contributed by atoms with Crippen LogP contribution in [0, 0.1) is 0 Å². The minimum Gasteiger partial charge on any atom is -0.146 e. The van der Waals surface area contributed by atoms with Gasteiger partial charge in [-0.3, -0.25) is 0 Å². The smallest absolute Gasteiger partial charge is 0.146 e. The van der Waals surface area contributed by atoms with Gasteiger partial charge in [-0.25, -0.2) is 0 Å². The van der Waals surface area contributed by atoms with Crippen LogP contribution in [0.3, 0.4) is 0 Å². The van der Waals surface area contributed by atoms with E-state index in [1.807, 2.05) is 0 Å². The number of halogens is 1. The van der Waals surface area contributed by atoms with Gasteiger partial charge in [0, 0.05) is 11.6 Å². The van der Waals surface area contributed by atoms with E-state index in [4.69, 9.17) is 11.6 Å². The number of nitrogens with zero attached hydrogens (tertiary/aromatic N) is 2. The minimum absolute atomic E-state index is 0.728. The highest BCUT2D eigenvalue weighted by atomic mass is 35.5. The Balaban J connectivity index is 2.15. The second-order valence-electron chi connectivity index (χ2n) is 1.60. The molecule has 0 atom stereocenters. The highest BCUT2D eigenvalue weighted by Crippen LogP contribution is 2.19. The van der Waals surface area contributed by atoms with Gasteiger partial charge in [-0.15, -0.1) is 21.8 Å². The molecule has 0 aromatic carbocycles. The second kappa shape index (κ2) is 4.93. The van der Waals surface area contributed by atoms with Crippen LogP contribution < -0.4 is 0 Å². The lowest BCUT2D eigenvalue weighted by Gasteiger charge is -1.90. The SMILES string of the molecule is ClCCCSc1nncs1. The summed E-state index contributed by atoms with van der Waals surface area (Å²) in [6.45, 7) is 0. The number of aromatic nitrogens is 2. The molecule has 0 amide bonds. The van der Waals surface area contributed by atoms with Gasteiger partial charge < -0.3 is 0 Å². The van der Waals surface area contributed by atoms with Crippen LogP contribution >= 0.6 is 34.7 Å². The van der Waals surface area contributed by atoms with Gasteiger partial charge in [0.1, 0.15) is 5.51 Å². The number of hydrogen-bond acceptors (Lipinski definition) is 4. The van der Waals surface area contributed by atoms with Crippen LogP contribution in [0.25, 0.3) is 0 Å². The summed E-state index contributed by atoms with van der Waals surface area (Å²) >= 11 is 8.78. The molecule has 1 heterocycles. The number of rotatable bonds is 4. The Morgan fingerprint density at radius 2 is 2.60 bits per heavy atom. The normalized spacial score (nSPS) is 10.1. The molecule has 0 radical (unpaired) electrons. The summed E-state index contributed by atoms with van der Waals surface area (Å²) in [4.78, 5) is 0. The Kier molecular flexibility index (Phi) is 4.09. The fourth-order valence-electron chi connectivity index (χ4n) is 0.440. The molecule has 0 aliphatic carbocycles. The van der Waals surface area contributed by atoms with Crippen molar-refractivity contribution in [2.75, 3.05) is 11.6 Å². The molecule has 1 rings (SSSR count). The van der Waals surface area contributed by atoms with Crippen LogP contribution in [0.4, 0.5) is 0 Å². The third kappa shape index (κ3) is 2.86. The van der Waals surface area contributed by atoms with Crippen LogP contribution in [0.2, 0.25) is 0 Å². The van der Waals surface area contributed by atoms with Gasteiger partial charge in [-0.05, 0) is 6.42 Å². The molecular weight excluding hydrogens is 188 g/mol. The lowest BCUT2D eigenvalue weighted by Crippen LogP contribution is -1.79. The molecule has 1 aromatic rings. The standard InChI is InChI=1S/C5H7ClN2S2/c6-2-1-3-9-5-8-7-4-10-5/h4H,1-3H2. The minimum atomic E-state index is 0.728. The molecule has 0 spiro atoms. The lowest BCUT2D eigenvalue weighted by molar-refractivity contribution is 1.01. The summed E-state index contributed by atoms with van der Waals surface area (Å²) < 4.78 is 1.03. The molecule has 0 aliphatic rings. The topological polar surface area (TPSA) is 25.8 Å². The maximum atomic E-state index is 5.50. The molecule has 0 bridgehead atoms. The molecule has 0 saturated heterocycles. The molecule has 10 heavy (non-hydrogen) atoms. The van der Waals surface area contributed by atoms with Crippen LogP contribution in [0.1, 0.15) is 6.42 Å². The molecule has 0 aliphatic heterocycles. The van der Waals surface area contributed by atoms with Crippen molar-refractivity contribution in [3.8, 4) is 0 Å². The molecule has 0 unspecified atom stereocenters. The quantitative estimate of drug-likeness (QED) is 0.418. The summed E-state index contributed by atoms with van der Waals surface area (Å²) in [6, 6.07) is 0. The molecular formula is C5H7ClN2S2. The van der Waals surface area contributed by atoms with Crippen LogP contribution in [0.5, 0.6) is 0 Å². The predicted octanol–water partition coefficient (Wildman–Crippen LogP) is 2.26. The van der Waals surface area contributed by atoms with Crippen molar-refractivity contribution in [3.63, 3.8) is 0 Å². The van der Waals surface area contributed by atoms with E-state index in [1.165, 1.54) is 0 Å². The van der Waals surface area contributed by atoms with Gasteiger partial charge in [-0.1, -0.05) is 23.1 Å². The van der Waals surface area contributed by atoms with Crippen molar-refractivity contribution in [2.24, 2.45) is 0 Å². The lowest BCUT2D eigenvalue weighted by atomic mass is 10.6. The second-order valence-corrected chi connectivity index (χ2v) is 4.15. The van der Waals surface area contributed by atoms with Crippen molar-refractivity contribution >= 4 is 34.7 Å². The Morgan fingerprint density at radius 3 is 3.20 bits per heavy atom. The van der Waals surface area contributed by atoms with Gasteiger partial charge in [0.25, 0.3) is 0 Å². The maximum Gasteiger partial charge on any atom is 0.174 e. The zero-order chi connectivity index (χ0) is 7.23. The van der Waals surface area contributed by atoms with Gasteiger partial charge in [0.05, 0.1) is 0 Å². The van der Waals surface area contributed by atoms with E-state index in [2.05, 4.69) is 10.2 Å². The first-order valence-electron chi connectivity index (χ1n) is 2.88. The molecule has 0 fully saturated rings. The van der Waals surface area contributed by atoms with E-state index in [0.29, 0.717) is 0 Å². The van der Waals surface area contributed by atoms with E-state index in [9.17, 15) is 0 Å². The molecule has 5 heteroatoms. The third-order valence-corrected chi connectivity index (χ3v) is 3.06. The molecule has 1 aromatic heterocycles. The van der Waals surface area contributed by atoms with E-state index in [0.717, 1.165) is 22.4 Å². The first-order chi connectivity index (χ1) is 4.93. The van der Waals surface area contributed by atoms with Gasteiger partial charge >= 0.3 is 0 Å². The van der Waals surface area contributed by atoms with E-state index in [1.54, 1.807) is 28.6 Å². The Morgan fingerprint density at radius 1 is 1.70 bits per heavy atom. The first kappa shape index (κ1) is 8.30. The van der Waals surface area contributed by atoms with E-state index < -0.39 is 0 Å². The first-order valence-corrected chi connectivity index (χ1v) is 5.28. The summed E-state index contributed by atoms with van der Waals surface area (Å²) in [5, 5.41) is 7.59. The fourth-order valence-corrected chi connectivity index (χ4v) is 2.23. The van der Waals surface area contributed by atoms with E-state index in [-0.39, 0.29) is 0 Å². The van der Waals surface area contributed by atoms with E-state index >= 15 is 0 Å². The predicted molar refractivity (Wildman–Crippen MR) is 46.0 cm³/mol. The van der Waals surface area contributed by atoms with Crippen LogP contribution in [0.15, 0.2) is 9.85 Å². The van der Waals surface area contributed by atoms with Crippen molar-refractivity contribution in [3.05, 3.63) is 5.51 Å². The number of alkyl halides is 1. The van der Waals surface area contributed by atoms with Gasteiger partial charge in [0.2, 0.25) is 0 Å². The summed E-state index contributed by atoms with van der Waals surface area (Å²) in [5.74, 6) is 1.77.